The smallest absolute Gasteiger partial charge is 0.314 e. The van der Waals surface area contributed by atoms with E-state index < -0.39 is 11.9 Å². The number of hydrogen-bond donors (Lipinski definition) is 1. The molecule has 1 aromatic rings. The first-order chi connectivity index (χ1) is 7.77. The van der Waals surface area contributed by atoms with Gasteiger partial charge in [-0.05, 0) is 11.1 Å². The van der Waals surface area contributed by atoms with E-state index in [0.29, 0.717) is 0 Å². The van der Waals surface area contributed by atoms with Gasteiger partial charge in [-0.25, -0.2) is 0 Å². The van der Waals surface area contributed by atoms with Crippen LogP contribution in [0.5, 0.6) is 0 Å². The van der Waals surface area contributed by atoms with E-state index in [-0.39, 0.29) is 0 Å². The molecule has 2 heteroatoms. The van der Waals surface area contributed by atoms with Crippen LogP contribution in [0.4, 0.5) is 0 Å². The third kappa shape index (κ3) is 2.28. The van der Waals surface area contributed by atoms with Crippen molar-refractivity contribution in [1.29, 1.82) is 0 Å². The molecule has 0 heterocycles. The predicted octanol–water partition coefficient (Wildman–Crippen LogP) is 2.90. The lowest BCUT2D eigenvalue weighted by molar-refractivity contribution is -0.138. The molecule has 0 spiro atoms. The summed E-state index contributed by atoms with van der Waals surface area (Å²) in [7, 11) is 0. The van der Waals surface area contributed by atoms with Crippen LogP contribution in [0.1, 0.15) is 5.56 Å². The molecule has 0 saturated heterocycles. The highest BCUT2D eigenvalue weighted by Crippen LogP contribution is 2.21. The van der Waals surface area contributed by atoms with Crippen LogP contribution in [0, 0.1) is 5.92 Å². The van der Waals surface area contributed by atoms with Crippen LogP contribution in [-0.2, 0) is 4.79 Å². The van der Waals surface area contributed by atoms with Crippen molar-refractivity contribution in [3.8, 4) is 0 Å². The fraction of sp³-hybridized carbons (Fsp3) is 0.0714. The first kappa shape index (κ1) is 10.4. The minimum absolute atomic E-state index is 0.537. The van der Waals surface area contributed by atoms with Crippen molar-refractivity contribution in [2.75, 3.05) is 0 Å². The number of carboxylic acids is 1. The highest BCUT2D eigenvalue weighted by atomic mass is 16.4. The fourth-order valence-electron chi connectivity index (χ4n) is 1.66. The number of rotatable bonds is 2. The molecule has 0 fully saturated rings. The summed E-state index contributed by atoms with van der Waals surface area (Å²) >= 11 is 0. The maximum absolute atomic E-state index is 11.0. The number of carboxylic acid groups (broad SMARTS) is 1. The Morgan fingerprint density at radius 3 is 2.62 bits per heavy atom. The zero-order valence-electron chi connectivity index (χ0n) is 8.71. The van der Waals surface area contributed by atoms with Crippen LogP contribution in [0.3, 0.4) is 0 Å². The third-order valence-corrected chi connectivity index (χ3v) is 2.46. The van der Waals surface area contributed by atoms with Gasteiger partial charge in [-0.1, -0.05) is 60.7 Å². The van der Waals surface area contributed by atoms with Gasteiger partial charge in [0.2, 0.25) is 0 Å². The Balaban J connectivity index is 2.32. The average Bonchev–Trinajstić information content (AvgIpc) is 2.31. The topological polar surface area (TPSA) is 37.3 Å². The largest absolute Gasteiger partial charge is 0.481 e. The molecule has 1 aromatic carbocycles. The number of hydrogen-bond acceptors (Lipinski definition) is 1. The fourth-order valence-corrected chi connectivity index (χ4v) is 1.66. The Morgan fingerprint density at radius 2 is 1.94 bits per heavy atom. The molecule has 0 saturated carbocycles. The number of allylic oxidation sites excluding steroid dienone is 3. The maximum atomic E-state index is 11.0. The van der Waals surface area contributed by atoms with Crippen molar-refractivity contribution in [2.45, 2.75) is 0 Å². The molecule has 1 aliphatic carbocycles. The van der Waals surface area contributed by atoms with E-state index in [9.17, 15) is 4.79 Å². The van der Waals surface area contributed by atoms with Crippen LogP contribution >= 0.6 is 0 Å². The van der Waals surface area contributed by atoms with Gasteiger partial charge in [-0.3, -0.25) is 4.79 Å². The molecule has 1 aliphatic rings. The van der Waals surface area contributed by atoms with Gasteiger partial charge >= 0.3 is 5.97 Å². The Kier molecular flexibility index (Phi) is 3.01. The highest BCUT2D eigenvalue weighted by molar-refractivity contribution is 5.80. The van der Waals surface area contributed by atoms with Crippen molar-refractivity contribution in [1.82, 2.24) is 0 Å². The van der Waals surface area contributed by atoms with E-state index >= 15 is 0 Å². The highest BCUT2D eigenvalue weighted by Gasteiger charge is 2.18. The lowest BCUT2D eigenvalue weighted by atomic mass is 9.93. The zero-order chi connectivity index (χ0) is 11.4. The van der Waals surface area contributed by atoms with Crippen molar-refractivity contribution in [3.63, 3.8) is 0 Å². The first-order valence-electron chi connectivity index (χ1n) is 5.12. The third-order valence-electron chi connectivity index (χ3n) is 2.46. The standard InChI is InChI=1S/C14H12O2/c15-14(16)13-9-5-4-8-12(13)10-11-6-2-1-3-7-11/h1-10,13H,(H,15,16). The summed E-state index contributed by atoms with van der Waals surface area (Å²) in [4.78, 5) is 11.0. The summed E-state index contributed by atoms with van der Waals surface area (Å²) in [5.74, 6) is -1.35. The minimum Gasteiger partial charge on any atom is -0.481 e. The predicted molar refractivity (Wildman–Crippen MR) is 63.8 cm³/mol. The second kappa shape index (κ2) is 4.62. The van der Waals surface area contributed by atoms with Crippen LogP contribution in [0.2, 0.25) is 0 Å². The second-order valence-corrected chi connectivity index (χ2v) is 3.61. The minimum atomic E-state index is -0.817. The summed E-state index contributed by atoms with van der Waals surface area (Å²) < 4.78 is 0. The normalized spacial score (nSPS) is 21.2. The van der Waals surface area contributed by atoms with Gasteiger partial charge in [-0.15, -0.1) is 0 Å². The molecule has 16 heavy (non-hydrogen) atoms. The van der Waals surface area contributed by atoms with Crippen molar-refractivity contribution in [2.24, 2.45) is 5.92 Å². The van der Waals surface area contributed by atoms with Gasteiger partial charge in [0.25, 0.3) is 0 Å². The Labute approximate surface area is 94.2 Å². The summed E-state index contributed by atoms with van der Waals surface area (Å²) in [6.45, 7) is 0. The van der Waals surface area contributed by atoms with Gasteiger partial charge in [0.05, 0.1) is 0 Å². The Morgan fingerprint density at radius 1 is 1.19 bits per heavy atom. The van der Waals surface area contributed by atoms with Crippen LogP contribution in [0.15, 0.2) is 60.2 Å². The molecule has 2 nitrogen and oxygen atoms in total. The van der Waals surface area contributed by atoms with E-state index in [1.807, 2.05) is 48.6 Å². The molecule has 0 amide bonds. The molecule has 80 valence electrons. The van der Waals surface area contributed by atoms with Crippen molar-refractivity contribution >= 4 is 12.0 Å². The van der Waals surface area contributed by atoms with Gasteiger partial charge < -0.3 is 5.11 Å². The summed E-state index contributed by atoms with van der Waals surface area (Å²) in [5, 5.41) is 9.06. The molecule has 2 rings (SSSR count). The molecule has 0 aliphatic heterocycles. The van der Waals surface area contributed by atoms with E-state index in [2.05, 4.69) is 0 Å². The van der Waals surface area contributed by atoms with Gasteiger partial charge in [0, 0.05) is 0 Å². The average molecular weight is 212 g/mol. The van der Waals surface area contributed by atoms with Crippen molar-refractivity contribution in [3.05, 3.63) is 65.8 Å². The van der Waals surface area contributed by atoms with E-state index in [4.69, 9.17) is 5.11 Å². The van der Waals surface area contributed by atoms with Crippen LogP contribution in [-0.4, -0.2) is 11.1 Å². The van der Waals surface area contributed by atoms with Gasteiger partial charge in [0.1, 0.15) is 5.92 Å². The molecule has 0 aromatic heterocycles. The van der Waals surface area contributed by atoms with Crippen molar-refractivity contribution < 1.29 is 9.90 Å². The van der Waals surface area contributed by atoms with Crippen LogP contribution < -0.4 is 0 Å². The van der Waals surface area contributed by atoms with E-state index in [1.165, 1.54) is 0 Å². The van der Waals surface area contributed by atoms with Crippen LogP contribution in [0.25, 0.3) is 6.08 Å². The molecular weight excluding hydrogens is 200 g/mol. The molecular formula is C14H12O2. The quantitative estimate of drug-likeness (QED) is 0.818. The first-order valence-corrected chi connectivity index (χ1v) is 5.12. The van der Waals surface area contributed by atoms with Gasteiger partial charge in [0.15, 0.2) is 0 Å². The van der Waals surface area contributed by atoms with E-state index in [0.717, 1.165) is 11.1 Å². The maximum Gasteiger partial charge on any atom is 0.314 e. The summed E-state index contributed by atoms with van der Waals surface area (Å²) in [6, 6.07) is 9.72. The van der Waals surface area contributed by atoms with Gasteiger partial charge in [-0.2, -0.15) is 0 Å². The number of aliphatic carboxylic acids is 1. The number of benzene rings is 1. The molecule has 0 radical (unpaired) electrons. The van der Waals surface area contributed by atoms with E-state index in [1.54, 1.807) is 12.2 Å². The second-order valence-electron chi connectivity index (χ2n) is 3.61. The summed E-state index contributed by atoms with van der Waals surface area (Å²) in [6.07, 6.45) is 9.05. The molecule has 0 bridgehead atoms. The number of carbonyl (C=O) groups is 1. The molecule has 1 N–H and O–H groups in total. The monoisotopic (exact) mass is 212 g/mol. The SMILES string of the molecule is O=C(O)C1C=CC=CC1=Cc1ccccc1. The Hall–Kier alpha value is -2.09. The molecule has 1 atom stereocenters. The molecule has 1 unspecified atom stereocenters. The zero-order valence-corrected chi connectivity index (χ0v) is 8.71. The summed E-state index contributed by atoms with van der Waals surface area (Å²) in [5.41, 5.74) is 1.82. The Bertz CT molecular complexity index is 467. The lowest BCUT2D eigenvalue weighted by Gasteiger charge is -2.12. The lowest BCUT2D eigenvalue weighted by Crippen LogP contribution is -2.13.